The zero-order chi connectivity index (χ0) is 12.8. The Hall–Kier alpha value is -1.25. The Bertz CT molecular complexity index is 274. The van der Waals surface area contributed by atoms with Crippen molar-refractivity contribution < 1.29 is 9.53 Å². The van der Waals surface area contributed by atoms with E-state index in [1.54, 1.807) is 6.08 Å². The van der Waals surface area contributed by atoms with Gasteiger partial charge in [-0.05, 0) is 33.6 Å². The van der Waals surface area contributed by atoms with Gasteiger partial charge in [-0.15, -0.1) is 0 Å². The first kappa shape index (κ1) is 14.8. The lowest BCUT2D eigenvalue weighted by atomic mass is 10.0. The molecule has 0 aromatic rings. The van der Waals surface area contributed by atoms with Crippen LogP contribution in [0.1, 0.15) is 34.6 Å². The Kier molecular flexibility index (Phi) is 5.86. The van der Waals surface area contributed by atoms with Crippen molar-refractivity contribution in [1.82, 2.24) is 5.32 Å². The standard InChI is InChI=1S/C13H23NO2/c1-7-8-10(2)11(3)9-14-12(15)16-13(4,5)6/h7-8,11H,1,9H2,2-6H3,(H,14,15)/b10-8+. The minimum Gasteiger partial charge on any atom is -0.444 e. The molecule has 0 aliphatic carbocycles. The van der Waals surface area contributed by atoms with E-state index in [2.05, 4.69) is 11.9 Å². The van der Waals surface area contributed by atoms with Gasteiger partial charge >= 0.3 is 6.09 Å². The number of alkyl carbamates (subject to hydrolysis) is 1. The van der Waals surface area contributed by atoms with E-state index >= 15 is 0 Å². The molecular formula is C13H23NO2. The third-order valence-electron chi connectivity index (χ3n) is 2.11. The summed E-state index contributed by atoms with van der Waals surface area (Å²) < 4.78 is 5.14. The van der Waals surface area contributed by atoms with Gasteiger partial charge in [0.1, 0.15) is 5.60 Å². The second kappa shape index (κ2) is 6.36. The Morgan fingerprint density at radius 3 is 2.50 bits per heavy atom. The van der Waals surface area contributed by atoms with Crippen LogP contribution in [0.3, 0.4) is 0 Å². The third kappa shape index (κ3) is 7.10. The van der Waals surface area contributed by atoms with Crippen molar-refractivity contribution in [2.24, 2.45) is 5.92 Å². The van der Waals surface area contributed by atoms with Gasteiger partial charge in [0.05, 0.1) is 0 Å². The maximum Gasteiger partial charge on any atom is 0.407 e. The quantitative estimate of drug-likeness (QED) is 0.746. The molecule has 3 nitrogen and oxygen atoms in total. The van der Waals surface area contributed by atoms with E-state index in [1.165, 1.54) is 5.57 Å². The number of allylic oxidation sites excluding steroid dienone is 2. The first-order chi connectivity index (χ1) is 7.26. The molecule has 0 bridgehead atoms. The van der Waals surface area contributed by atoms with E-state index in [-0.39, 0.29) is 12.0 Å². The summed E-state index contributed by atoms with van der Waals surface area (Å²) in [6.07, 6.45) is 3.33. The van der Waals surface area contributed by atoms with Crippen molar-refractivity contribution in [2.45, 2.75) is 40.2 Å². The molecule has 0 aromatic carbocycles. The molecule has 0 aliphatic rings. The van der Waals surface area contributed by atoms with Gasteiger partial charge in [0.2, 0.25) is 0 Å². The highest BCUT2D eigenvalue weighted by Gasteiger charge is 2.16. The Morgan fingerprint density at radius 2 is 2.06 bits per heavy atom. The molecule has 0 heterocycles. The molecule has 0 aromatic heterocycles. The zero-order valence-electron chi connectivity index (χ0n) is 11.0. The van der Waals surface area contributed by atoms with Crippen LogP contribution in [-0.4, -0.2) is 18.2 Å². The van der Waals surface area contributed by atoms with Gasteiger partial charge in [0, 0.05) is 6.54 Å². The number of rotatable bonds is 4. The van der Waals surface area contributed by atoms with Crippen LogP contribution >= 0.6 is 0 Å². The summed E-state index contributed by atoms with van der Waals surface area (Å²) in [7, 11) is 0. The number of amides is 1. The maximum absolute atomic E-state index is 11.4. The average Bonchev–Trinajstić information content (AvgIpc) is 2.11. The van der Waals surface area contributed by atoms with Gasteiger partial charge in [0.15, 0.2) is 0 Å². The smallest absolute Gasteiger partial charge is 0.407 e. The zero-order valence-corrected chi connectivity index (χ0v) is 11.0. The van der Waals surface area contributed by atoms with Gasteiger partial charge < -0.3 is 10.1 Å². The lowest BCUT2D eigenvalue weighted by Crippen LogP contribution is -2.35. The summed E-state index contributed by atoms with van der Waals surface area (Å²) in [5, 5.41) is 2.74. The lowest BCUT2D eigenvalue weighted by molar-refractivity contribution is 0.0523. The van der Waals surface area contributed by atoms with Gasteiger partial charge in [-0.3, -0.25) is 0 Å². The summed E-state index contributed by atoms with van der Waals surface area (Å²) in [5.41, 5.74) is 0.741. The maximum atomic E-state index is 11.4. The molecule has 16 heavy (non-hydrogen) atoms. The number of hydrogen-bond acceptors (Lipinski definition) is 2. The third-order valence-corrected chi connectivity index (χ3v) is 2.11. The van der Waals surface area contributed by atoms with Crippen LogP contribution in [-0.2, 0) is 4.74 Å². The molecule has 0 spiro atoms. The molecule has 0 fully saturated rings. The summed E-state index contributed by atoms with van der Waals surface area (Å²) in [5.74, 6) is 0.283. The van der Waals surface area contributed by atoms with Crippen LogP contribution in [0.25, 0.3) is 0 Å². The molecule has 92 valence electrons. The van der Waals surface area contributed by atoms with E-state index in [9.17, 15) is 4.79 Å². The molecule has 3 heteroatoms. The topological polar surface area (TPSA) is 38.3 Å². The van der Waals surface area contributed by atoms with Crippen molar-refractivity contribution in [1.29, 1.82) is 0 Å². The molecule has 0 aliphatic heterocycles. The van der Waals surface area contributed by atoms with Gasteiger partial charge in [0.25, 0.3) is 0 Å². The van der Waals surface area contributed by atoms with Crippen LogP contribution in [0.4, 0.5) is 4.79 Å². The van der Waals surface area contributed by atoms with Gasteiger partial charge in [-0.2, -0.15) is 0 Å². The molecule has 1 atom stereocenters. The first-order valence-electron chi connectivity index (χ1n) is 5.52. The Labute approximate surface area is 98.6 Å². The Morgan fingerprint density at radius 1 is 1.50 bits per heavy atom. The highest BCUT2D eigenvalue weighted by Crippen LogP contribution is 2.09. The molecule has 1 amide bonds. The minimum absolute atomic E-state index is 0.283. The lowest BCUT2D eigenvalue weighted by Gasteiger charge is -2.21. The number of hydrogen-bond donors (Lipinski definition) is 1. The van der Waals surface area contributed by atoms with Crippen LogP contribution in [0.5, 0.6) is 0 Å². The first-order valence-corrected chi connectivity index (χ1v) is 5.52. The SMILES string of the molecule is C=C/C=C(\C)C(C)CNC(=O)OC(C)(C)C. The van der Waals surface area contributed by atoms with Gasteiger partial charge in [-0.25, -0.2) is 4.79 Å². The predicted octanol–water partition coefficient (Wildman–Crippen LogP) is 3.28. The van der Waals surface area contributed by atoms with Crippen molar-refractivity contribution in [2.75, 3.05) is 6.54 Å². The highest BCUT2D eigenvalue weighted by molar-refractivity contribution is 5.67. The van der Waals surface area contributed by atoms with Crippen molar-refractivity contribution in [3.8, 4) is 0 Å². The normalized spacial score (nSPS) is 14.2. The Balaban J connectivity index is 4.02. The van der Waals surface area contributed by atoms with Crippen molar-refractivity contribution in [3.05, 3.63) is 24.3 Å². The fourth-order valence-corrected chi connectivity index (χ4v) is 1.06. The van der Waals surface area contributed by atoms with Crippen LogP contribution in [0, 0.1) is 5.92 Å². The van der Waals surface area contributed by atoms with Crippen LogP contribution in [0.15, 0.2) is 24.3 Å². The second-order valence-electron chi connectivity index (χ2n) is 4.93. The number of nitrogens with one attached hydrogen (secondary N) is 1. The molecule has 1 N–H and O–H groups in total. The average molecular weight is 225 g/mol. The van der Waals surface area contributed by atoms with E-state index in [0.717, 1.165) is 0 Å². The molecule has 0 radical (unpaired) electrons. The molecule has 0 saturated heterocycles. The number of ether oxygens (including phenoxy) is 1. The highest BCUT2D eigenvalue weighted by atomic mass is 16.6. The monoisotopic (exact) mass is 225 g/mol. The largest absolute Gasteiger partial charge is 0.444 e. The summed E-state index contributed by atoms with van der Waals surface area (Å²) in [4.78, 5) is 11.4. The summed E-state index contributed by atoms with van der Waals surface area (Å²) >= 11 is 0. The second-order valence-corrected chi connectivity index (χ2v) is 4.93. The van der Waals surface area contributed by atoms with Gasteiger partial charge in [-0.1, -0.05) is 31.2 Å². The van der Waals surface area contributed by atoms with Crippen LogP contribution < -0.4 is 5.32 Å². The minimum atomic E-state index is -0.445. The number of carbonyl (C=O) groups excluding carboxylic acids is 1. The van der Waals surface area contributed by atoms with Crippen molar-refractivity contribution in [3.63, 3.8) is 0 Å². The molecule has 0 saturated carbocycles. The van der Waals surface area contributed by atoms with E-state index in [0.29, 0.717) is 6.54 Å². The van der Waals surface area contributed by atoms with Crippen LogP contribution in [0.2, 0.25) is 0 Å². The summed E-state index contributed by atoms with van der Waals surface area (Å²) in [6.45, 7) is 13.8. The fraction of sp³-hybridized carbons (Fsp3) is 0.615. The fourth-order valence-electron chi connectivity index (χ4n) is 1.06. The summed E-state index contributed by atoms with van der Waals surface area (Å²) in [6, 6.07) is 0. The number of carbonyl (C=O) groups is 1. The van der Waals surface area contributed by atoms with Crippen molar-refractivity contribution >= 4 is 6.09 Å². The molecular weight excluding hydrogens is 202 g/mol. The van der Waals surface area contributed by atoms with E-state index in [1.807, 2.05) is 40.7 Å². The van der Waals surface area contributed by atoms with E-state index in [4.69, 9.17) is 4.74 Å². The van der Waals surface area contributed by atoms with E-state index < -0.39 is 5.60 Å². The molecule has 0 rings (SSSR count). The predicted molar refractivity (Wildman–Crippen MR) is 67.4 cm³/mol. The molecule has 1 unspecified atom stereocenters.